The van der Waals surface area contributed by atoms with E-state index in [4.69, 9.17) is 11.6 Å². The van der Waals surface area contributed by atoms with E-state index in [1.165, 1.54) is 21.8 Å². The molecule has 0 radical (unpaired) electrons. The van der Waals surface area contributed by atoms with Crippen molar-refractivity contribution >= 4 is 38.5 Å². The molecule has 1 nitrogen and oxygen atoms in total. The van der Waals surface area contributed by atoms with E-state index in [2.05, 4.69) is 11.0 Å². The molecule has 1 aliphatic rings. The maximum Gasteiger partial charge on any atom is 0.152 e. The van der Waals surface area contributed by atoms with Gasteiger partial charge >= 0.3 is 0 Å². The second kappa shape index (κ2) is 2.11. The molecule has 4 heteroatoms. The predicted octanol–water partition coefficient (Wildman–Crippen LogP) is 2.45. The van der Waals surface area contributed by atoms with Crippen LogP contribution >= 0.6 is 33.4 Å². The van der Waals surface area contributed by atoms with Crippen LogP contribution < -0.4 is 0 Å². The van der Waals surface area contributed by atoms with Crippen LogP contribution in [0.3, 0.4) is 0 Å². The van der Waals surface area contributed by atoms with Gasteiger partial charge in [-0.3, -0.25) is 0 Å². The van der Waals surface area contributed by atoms with Crippen LogP contribution in [0.2, 0.25) is 0 Å². The van der Waals surface area contributed by atoms with Crippen LogP contribution in [0.15, 0.2) is 15.9 Å². The molecule has 0 N–H and O–H groups in total. The lowest BCUT2D eigenvalue weighted by Crippen LogP contribution is -1.76. The summed E-state index contributed by atoms with van der Waals surface area (Å²) in [5.74, 6) is 0. The Morgan fingerprint density at radius 2 is 2.43 bits per heavy atom. The normalized spacial score (nSPS) is 20.1. The quantitative estimate of drug-likeness (QED) is 0.390. The predicted molar refractivity (Wildman–Crippen MR) is 37.6 cm³/mol. The van der Waals surface area contributed by atoms with Gasteiger partial charge in [0, 0.05) is 0 Å². The highest BCUT2D eigenvalue weighted by Gasteiger charge is 2.08. The van der Waals surface area contributed by atoms with Gasteiger partial charge in [0.15, 0.2) is 5.17 Å². The average Bonchev–Trinajstić information content (AvgIpc) is 1.91. The number of allylic oxidation sites excluding steroid dienone is 1. The van der Waals surface area contributed by atoms with E-state index in [1.807, 2.05) is 0 Å². The Balaban J connectivity index is 2.72. The lowest BCUT2D eigenvalue weighted by atomic mass is 10.7. The van der Waals surface area contributed by atoms with Crippen molar-refractivity contribution in [2.75, 3.05) is 0 Å². The van der Waals surface area contributed by atoms with E-state index in [0.29, 0.717) is 5.17 Å². The zero-order valence-corrected chi connectivity index (χ0v) is 5.74. The summed E-state index contributed by atoms with van der Waals surface area (Å²) in [4.78, 5) is 0.853. The van der Waals surface area contributed by atoms with E-state index < -0.39 is 0 Å². The van der Waals surface area contributed by atoms with Gasteiger partial charge in [-0.1, -0.05) is 18.2 Å². The third kappa shape index (κ3) is 1.15. The van der Waals surface area contributed by atoms with Crippen LogP contribution in [0.4, 0.5) is 0 Å². The van der Waals surface area contributed by atoms with Crippen molar-refractivity contribution < 1.29 is 0 Å². The summed E-state index contributed by atoms with van der Waals surface area (Å²) in [6.45, 7) is 3.61. The van der Waals surface area contributed by atoms with E-state index in [1.54, 1.807) is 0 Å². The second-order valence-electron chi connectivity index (χ2n) is 0.963. The zero-order valence-electron chi connectivity index (χ0n) is 3.35. The van der Waals surface area contributed by atoms with Crippen molar-refractivity contribution in [1.82, 2.24) is 0 Å². The first kappa shape index (κ1) is 5.54. The molecule has 0 atom stereocenters. The minimum Gasteiger partial charge on any atom is -0.191 e. The molecular formula is C3H2ClNS2. The summed E-state index contributed by atoms with van der Waals surface area (Å²) in [7, 11) is 2.86. The summed E-state index contributed by atoms with van der Waals surface area (Å²) in [5, 5.41) is 0.537. The van der Waals surface area contributed by atoms with Crippen molar-refractivity contribution in [3.63, 3.8) is 0 Å². The molecule has 38 valence electrons. The van der Waals surface area contributed by atoms with Gasteiger partial charge in [-0.25, -0.2) is 0 Å². The number of hydrogen-bond acceptors (Lipinski definition) is 3. The first-order chi connectivity index (χ1) is 3.30. The van der Waals surface area contributed by atoms with Crippen LogP contribution in [0, 0.1) is 0 Å². The smallest absolute Gasteiger partial charge is 0.152 e. The van der Waals surface area contributed by atoms with Gasteiger partial charge < -0.3 is 0 Å². The first-order valence-electron chi connectivity index (χ1n) is 1.57. The first-order valence-corrected chi connectivity index (χ1v) is 4.05. The maximum atomic E-state index is 5.47. The van der Waals surface area contributed by atoms with Crippen LogP contribution in [0.1, 0.15) is 0 Å². The van der Waals surface area contributed by atoms with Gasteiger partial charge in [0.05, 0.1) is 15.9 Å². The fourth-order valence-corrected chi connectivity index (χ4v) is 1.98. The minimum atomic E-state index is 0.537. The summed E-state index contributed by atoms with van der Waals surface area (Å²) in [6.07, 6.45) is 0. The van der Waals surface area contributed by atoms with Crippen molar-refractivity contribution in [3.8, 4) is 0 Å². The van der Waals surface area contributed by atoms with Gasteiger partial charge in [-0.2, -0.15) is 4.40 Å². The molecule has 0 aliphatic carbocycles. The molecule has 0 aromatic rings. The Bertz CT molecular complexity index is 131. The van der Waals surface area contributed by atoms with E-state index in [-0.39, 0.29) is 0 Å². The van der Waals surface area contributed by atoms with Crippen molar-refractivity contribution in [3.05, 3.63) is 11.5 Å². The Kier molecular flexibility index (Phi) is 1.67. The zero-order chi connectivity index (χ0) is 5.28. The summed E-state index contributed by atoms with van der Waals surface area (Å²) >= 11 is 5.47. The van der Waals surface area contributed by atoms with E-state index >= 15 is 0 Å². The summed E-state index contributed by atoms with van der Waals surface area (Å²) in [5.41, 5.74) is 0. The number of hydrogen-bond donors (Lipinski definition) is 0. The second-order valence-corrected chi connectivity index (χ2v) is 3.26. The van der Waals surface area contributed by atoms with E-state index in [0.717, 1.165) is 4.91 Å². The Morgan fingerprint density at radius 1 is 1.71 bits per heavy atom. The molecule has 7 heavy (non-hydrogen) atoms. The molecule has 1 aliphatic heterocycles. The molecule has 0 fully saturated rings. The molecule has 1 rings (SSSR count). The Hall–Kier alpha value is 0.400. The molecule has 0 spiro atoms. The largest absolute Gasteiger partial charge is 0.191 e. The van der Waals surface area contributed by atoms with Crippen LogP contribution in [0.5, 0.6) is 0 Å². The molecule has 1 heterocycles. The molecular weight excluding hydrogens is 150 g/mol. The van der Waals surface area contributed by atoms with Crippen molar-refractivity contribution in [2.24, 2.45) is 4.40 Å². The Labute approximate surface area is 54.8 Å². The van der Waals surface area contributed by atoms with Crippen molar-refractivity contribution in [2.45, 2.75) is 0 Å². The van der Waals surface area contributed by atoms with Crippen LogP contribution in [0.25, 0.3) is 0 Å². The molecule has 0 unspecified atom stereocenters. The van der Waals surface area contributed by atoms with Crippen molar-refractivity contribution in [1.29, 1.82) is 0 Å². The average molecular weight is 152 g/mol. The number of halogens is 1. The third-order valence-electron chi connectivity index (χ3n) is 0.485. The highest BCUT2D eigenvalue weighted by atomic mass is 35.5. The summed E-state index contributed by atoms with van der Waals surface area (Å²) in [6, 6.07) is 0. The third-order valence-corrected chi connectivity index (χ3v) is 2.79. The summed E-state index contributed by atoms with van der Waals surface area (Å²) < 4.78 is 3.78. The van der Waals surface area contributed by atoms with Crippen LogP contribution in [-0.2, 0) is 0 Å². The molecule has 0 saturated carbocycles. The minimum absolute atomic E-state index is 0.537. The topological polar surface area (TPSA) is 12.4 Å². The van der Waals surface area contributed by atoms with Crippen LogP contribution in [-0.4, -0.2) is 5.17 Å². The standard InChI is InChI=1S/C3H2ClNS2/c1-2-3(4)5-7-6-2/h1H2. The Morgan fingerprint density at radius 3 is 2.57 bits per heavy atom. The molecule has 0 aromatic carbocycles. The highest BCUT2D eigenvalue weighted by molar-refractivity contribution is 8.78. The fraction of sp³-hybridized carbons (Fsp3) is 0. The van der Waals surface area contributed by atoms with Gasteiger partial charge in [0.25, 0.3) is 0 Å². The molecule has 0 amide bonds. The van der Waals surface area contributed by atoms with Gasteiger partial charge in [-0.05, 0) is 10.8 Å². The van der Waals surface area contributed by atoms with Gasteiger partial charge in [0.2, 0.25) is 0 Å². The number of nitrogens with zero attached hydrogens (tertiary/aromatic N) is 1. The fourth-order valence-electron chi connectivity index (χ4n) is 0.182. The van der Waals surface area contributed by atoms with Gasteiger partial charge in [0.1, 0.15) is 0 Å². The lowest BCUT2D eigenvalue weighted by Gasteiger charge is -1.80. The SMILES string of the molecule is C=C1SSN=C1Cl. The number of rotatable bonds is 0. The maximum absolute atomic E-state index is 5.47. The molecule has 0 saturated heterocycles. The molecule has 0 bridgehead atoms. The molecule has 0 aromatic heterocycles. The highest BCUT2D eigenvalue weighted by Crippen LogP contribution is 2.38. The lowest BCUT2D eigenvalue weighted by molar-refractivity contribution is 1.99. The monoisotopic (exact) mass is 151 g/mol. The van der Waals surface area contributed by atoms with Gasteiger partial charge in [-0.15, -0.1) is 0 Å². The van der Waals surface area contributed by atoms with E-state index in [9.17, 15) is 0 Å².